The standard InChI is InChI=1S/C9H19N/c1-7(2)8-4-5-9(3,10)6-8/h7-8H,4-6,10H2,1-3H3/t8-,9+/m0/s1. The maximum absolute atomic E-state index is 6.01. The van der Waals surface area contributed by atoms with E-state index in [9.17, 15) is 0 Å². The third kappa shape index (κ3) is 1.72. The molecule has 0 aromatic heterocycles. The van der Waals surface area contributed by atoms with Gasteiger partial charge < -0.3 is 5.73 Å². The quantitative estimate of drug-likeness (QED) is 0.595. The van der Waals surface area contributed by atoms with Gasteiger partial charge in [0.2, 0.25) is 0 Å². The van der Waals surface area contributed by atoms with E-state index < -0.39 is 0 Å². The van der Waals surface area contributed by atoms with Gasteiger partial charge in [-0.05, 0) is 38.0 Å². The molecular weight excluding hydrogens is 122 g/mol. The number of hydrogen-bond acceptors (Lipinski definition) is 1. The van der Waals surface area contributed by atoms with Crippen molar-refractivity contribution in [2.75, 3.05) is 0 Å². The van der Waals surface area contributed by atoms with E-state index in [4.69, 9.17) is 5.73 Å². The van der Waals surface area contributed by atoms with Gasteiger partial charge in [0.15, 0.2) is 0 Å². The summed E-state index contributed by atoms with van der Waals surface area (Å²) >= 11 is 0. The van der Waals surface area contributed by atoms with E-state index in [0.717, 1.165) is 11.8 Å². The molecule has 0 radical (unpaired) electrons. The van der Waals surface area contributed by atoms with Crippen molar-refractivity contribution >= 4 is 0 Å². The molecule has 0 amide bonds. The summed E-state index contributed by atoms with van der Waals surface area (Å²) < 4.78 is 0. The van der Waals surface area contributed by atoms with Gasteiger partial charge in [-0.25, -0.2) is 0 Å². The third-order valence-corrected chi connectivity index (χ3v) is 2.76. The molecule has 0 spiro atoms. The third-order valence-electron chi connectivity index (χ3n) is 2.76. The summed E-state index contributed by atoms with van der Waals surface area (Å²) in [4.78, 5) is 0. The highest BCUT2D eigenvalue weighted by molar-refractivity contribution is 4.90. The second-order valence-corrected chi connectivity index (χ2v) is 4.40. The van der Waals surface area contributed by atoms with E-state index in [1.54, 1.807) is 0 Å². The van der Waals surface area contributed by atoms with Crippen LogP contribution >= 0.6 is 0 Å². The Hall–Kier alpha value is -0.0400. The van der Waals surface area contributed by atoms with E-state index in [2.05, 4.69) is 20.8 Å². The van der Waals surface area contributed by atoms with Gasteiger partial charge in [-0.2, -0.15) is 0 Å². The van der Waals surface area contributed by atoms with Crippen LogP contribution in [0.5, 0.6) is 0 Å². The van der Waals surface area contributed by atoms with Crippen molar-refractivity contribution in [1.29, 1.82) is 0 Å². The summed E-state index contributed by atoms with van der Waals surface area (Å²) in [6.07, 6.45) is 3.78. The van der Waals surface area contributed by atoms with E-state index in [1.165, 1.54) is 19.3 Å². The SMILES string of the molecule is CC(C)[C@H]1CC[C@@](C)(N)C1. The molecule has 10 heavy (non-hydrogen) atoms. The maximum Gasteiger partial charge on any atom is 0.0128 e. The highest BCUT2D eigenvalue weighted by atomic mass is 14.7. The predicted molar refractivity (Wildman–Crippen MR) is 44.8 cm³/mol. The van der Waals surface area contributed by atoms with Crippen molar-refractivity contribution in [2.24, 2.45) is 17.6 Å². The molecule has 2 N–H and O–H groups in total. The van der Waals surface area contributed by atoms with Gasteiger partial charge in [0, 0.05) is 5.54 Å². The molecule has 0 aliphatic heterocycles. The van der Waals surface area contributed by atoms with Crippen LogP contribution in [-0.4, -0.2) is 5.54 Å². The van der Waals surface area contributed by atoms with Crippen LogP contribution in [0.4, 0.5) is 0 Å². The molecule has 1 rings (SSSR count). The lowest BCUT2D eigenvalue weighted by Crippen LogP contribution is -2.32. The summed E-state index contributed by atoms with van der Waals surface area (Å²) in [6.45, 7) is 6.77. The Bertz CT molecular complexity index is 116. The fraction of sp³-hybridized carbons (Fsp3) is 1.00. The zero-order valence-corrected chi connectivity index (χ0v) is 7.35. The van der Waals surface area contributed by atoms with Gasteiger partial charge in [0.1, 0.15) is 0 Å². The first-order valence-electron chi connectivity index (χ1n) is 4.30. The van der Waals surface area contributed by atoms with Gasteiger partial charge in [0.25, 0.3) is 0 Å². The van der Waals surface area contributed by atoms with Crippen molar-refractivity contribution in [3.8, 4) is 0 Å². The summed E-state index contributed by atoms with van der Waals surface area (Å²) in [7, 11) is 0. The Morgan fingerprint density at radius 1 is 1.50 bits per heavy atom. The normalized spacial score (nSPS) is 41.1. The van der Waals surface area contributed by atoms with Crippen molar-refractivity contribution < 1.29 is 0 Å². The summed E-state index contributed by atoms with van der Waals surface area (Å²) in [5.41, 5.74) is 6.15. The fourth-order valence-electron chi connectivity index (χ4n) is 1.89. The van der Waals surface area contributed by atoms with Crippen LogP contribution in [0.3, 0.4) is 0 Å². The smallest absolute Gasteiger partial charge is 0.0128 e. The van der Waals surface area contributed by atoms with Crippen LogP contribution in [0, 0.1) is 11.8 Å². The van der Waals surface area contributed by atoms with Crippen LogP contribution in [0.15, 0.2) is 0 Å². The first-order valence-corrected chi connectivity index (χ1v) is 4.30. The van der Waals surface area contributed by atoms with E-state index in [-0.39, 0.29) is 5.54 Å². The highest BCUT2D eigenvalue weighted by Gasteiger charge is 2.32. The van der Waals surface area contributed by atoms with E-state index in [1.807, 2.05) is 0 Å². The largest absolute Gasteiger partial charge is 0.325 e. The number of rotatable bonds is 1. The molecule has 1 aliphatic rings. The maximum atomic E-state index is 6.01. The molecule has 0 bridgehead atoms. The summed E-state index contributed by atoms with van der Waals surface area (Å²) in [6, 6.07) is 0. The van der Waals surface area contributed by atoms with Gasteiger partial charge in [-0.1, -0.05) is 13.8 Å². The number of hydrogen-bond donors (Lipinski definition) is 1. The molecular formula is C9H19N. The summed E-state index contributed by atoms with van der Waals surface area (Å²) in [5, 5.41) is 0. The van der Waals surface area contributed by atoms with E-state index >= 15 is 0 Å². The molecule has 0 saturated heterocycles. The second-order valence-electron chi connectivity index (χ2n) is 4.40. The lowest BCUT2D eigenvalue weighted by Gasteiger charge is -2.19. The van der Waals surface area contributed by atoms with Crippen LogP contribution in [-0.2, 0) is 0 Å². The molecule has 2 atom stereocenters. The van der Waals surface area contributed by atoms with Gasteiger partial charge in [-0.15, -0.1) is 0 Å². The van der Waals surface area contributed by atoms with Gasteiger partial charge in [-0.3, -0.25) is 0 Å². The Balaban J connectivity index is 2.43. The van der Waals surface area contributed by atoms with Crippen molar-refractivity contribution in [1.82, 2.24) is 0 Å². The van der Waals surface area contributed by atoms with Crippen molar-refractivity contribution in [3.05, 3.63) is 0 Å². The average Bonchev–Trinajstić information content (AvgIpc) is 2.10. The molecule has 1 aliphatic carbocycles. The molecule has 1 heteroatoms. The molecule has 0 heterocycles. The first kappa shape index (κ1) is 8.06. The minimum absolute atomic E-state index is 0.148. The monoisotopic (exact) mass is 141 g/mol. The van der Waals surface area contributed by atoms with Crippen LogP contribution in [0.1, 0.15) is 40.0 Å². The van der Waals surface area contributed by atoms with Crippen LogP contribution < -0.4 is 5.73 Å². The lowest BCUT2D eigenvalue weighted by molar-refractivity contribution is 0.367. The fourth-order valence-corrected chi connectivity index (χ4v) is 1.89. The topological polar surface area (TPSA) is 26.0 Å². The minimum atomic E-state index is 0.148. The lowest BCUT2D eigenvalue weighted by atomic mass is 9.92. The van der Waals surface area contributed by atoms with Gasteiger partial charge in [0.05, 0.1) is 0 Å². The van der Waals surface area contributed by atoms with Crippen LogP contribution in [0.2, 0.25) is 0 Å². The Morgan fingerprint density at radius 3 is 2.30 bits per heavy atom. The summed E-state index contributed by atoms with van der Waals surface area (Å²) in [5.74, 6) is 1.71. The molecule has 60 valence electrons. The molecule has 0 aromatic rings. The predicted octanol–water partition coefficient (Wildman–Crippen LogP) is 2.16. The molecule has 0 unspecified atom stereocenters. The highest BCUT2D eigenvalue weighted by Crippen LogP contribution is 2.36. The van der Waals surface area contributed by atoms with Gasteiger partial charge >= 0.3 is 0 Å². The van der Waals surface area contributed by atoms with Crippen molar-refractivity contribution in [3.63, 3.8) is 0 Å². The Kier molecular flexibility index (Phi) is 2.04. The molecule has 1 nitrogen and oxygen atoms in total. The van der Waals surface area contributed by atoms with Crippen molar-refractivity contribution in [2.45, 2.75) is 45.6 Å². The first-order chi connectivity index (χ1) is 4.51. The second kappa shape index (κ2) is 2.54. The molecule has 1 saturated carbocycles. The minimum Gasteiger partial charge on any atom is -0.325 e. The van der Waals surface area contributed by atoms with E-state index in [0.29, 0.717) is 0 Å². The molecule has 1 fully saturated rings. The molecule has 0 aromatic carbocycles. The number of nitrogens with two attached hydrogens (primary N) is 1. The Labute approximate surface area is 64.0 Å². The zero-order chi connectivity index (χ0) is 7.78. The average molecular weight is 141 g/mol. The Morgan fingerprint density at radius 2 is 2.10 bits per heavy atom. The zero-order valence-electron chi connectivity index (χ0n) is 7.35. The van der Waals surface area contributed by atoms with Crippen LogP contribution in [0.25, 0.3) is 0 Å².